The fourth-order valence-electron chi connectivity index (χ4n) is 1.77. The van der Waals surface area contributed by atoms with Crippen LogP contribution in [0.3, 0.4) is 0 Å². The molecule has 0 radical (unpaired) electrons. The minimum absolute atomic E-state index is 0.281. The summed E-state index contributed by atoms with van der Waals surface area (Å²) in [4.78, 5) is 15.4. The van der Waals surface area contributed by atoms with Gasteiger partial charge in [-0.2, -0.15) is 9.78 Å². The molecule has 0 aliphatic carbocycles. The smallest absolute Gasteiger partial charge is 0.211 e. The molecule has 94 valence electrons. The van der Waals surface area contributed by atoms with Crippen molar-refractivity contribution in [2.45, 2.75) is 0 Å². The summed E-state index contributed by atoms with van der Waals surface area (Å²) in [7, 11) is 0. The van der Waals surface area contributed by atoms with E-state index in [1.54, 1.807) is 6.20 Å². The van der Waals surface area contributed by atoms with Gasteiger partial charge in [0.05, 0.1) is 5.56 Å². The number of halogens is 1. The van der Waals surface area contributed by atoms with Crippen LogP contribution in [0.1, 0.15) is 10.4 Å². The van der Waals surface area contributed by atoms with E-state index < -0.39 is 0 Å². The number of carbonyl (C=O) groups is 1. The summed E-state index contributed by atoms with van der Waals surface area (Å²) in [6, 6.07) is 9.46. The van der Waals surface area contributed by atoms with E-state index in [9.17, 15) is 4.79 Å². The predicted octanol–water partition coefficient (Wildman–Crippen LogP) is 3.46. The molecule has 0 atom stereocenters. The fraction of sp³-hybridized carbons (Fsp3) is 0. The third-order valence-corrected chi connectivity index (χ3v) is 3.74. The van der Waals surface area contributed by atoms with Gasteiger partial charge in [0.2, 0.25) is 5.13 Å². The first-order valence-electron chi connectivity index (χ1n) is 5.50. The molecule has 0 spiro atoms. The number of aldehydes is 1. The molecule has 19 heavy (non-hydrogen) atoms. The second kappa shape index (κ2) is 4.95. The van der Waals surface area contributed by atoms with Crippen molar-refractivity contribution in [3.8, 4) is 16.4 Å². The third-order valence-electron chi connectivity index (χ3n) is 2.63. The minimum Gasteiger partial charge on any atom is -0.298 e. The number of nitrogens with zero attached hydrogens (tertiary/aromatic N) is 3. The molecule has 2 aromatic heterocycles. The van der Waals surface area contributed by atoms with E-state index in [0.717, 1.165) is 11.8 Å². The van der Waals surface area contributed by atoms with Gasteiger partial charge in [-0.15, -0.1) is 11.3 Å². The number of hydrogen-bond acceptors (Lipinski definition) is 4. The summed E-state index contributed by atoms with van der Waals surface area (Å²) in [5, 5.41) is 7.14. The van der Waals surface area contributed by atoms with Crippen molar-refractivity contribution in [3.63, 3.8) is 0 Å². The lowest BCUT2D eigenvalue weighted by Gasteiger charge is -1.96. The zero-order chi connectivity index (χ0) is 13.2. The first-order chi connectivity index (χ1) is 9.31. The molecule has 2 heterocycles. The summed E-state index contributed by atoms with van der Waals surface area (Å²) in [6.45, 7) is 0. The van der Waals surface area contributed by atoms with E-state index in [1.165, 1.54) is 16.0 Å². The van der Waals surface area contributed by atoms with Crippen LogP contribution in [-0.4, -0.2) is 21.1 Å². The van der Waals surface area contributed by atoms with E-state index in [-0.39, 0.29) is 5.15 Å². The Labute approximate surface area is 118 Å². The van der Waals surface area contributed by atoms with Gasteiger partial charge in [-0.3, -0.25) is 4.79 Å². The highest BCUT2D eigenvalue weighted by atomic mass is 35.5. The van der Waals surface area contributed by atoms with E-state index in [1.807, 2.05) is 35.7 Å². The van der Waals surface area contributed by atoms with Crippen LogP contribution in [0.4, 0.5) is 0 Å². The molecule has 4 nitrogen and oxygen atoms in total. The number of carbonyl (C=O) groups excluding carboxylic acids is 1. The predicted molar refractivity (Wildman–Crippen MR) is 75.1 cm³/mol. The van der Waals surface area contributed by atoms with Crippen LogP contribution in [0.5, 0.6) is 0 Å². The van der Waals surface area contributed by atoms with E-state index >= 15 is 0 Å². The average Bonchev–Trinajstić information content (AvgIpc) is 3.07. The maximum absolute atomic E-state index is 11.2. The Bertz CT molecular complexity index is 707. The van der Waals surface area contributed by atoms with Crippen molar-refractivity contribution >= 4 is 29.2 Å². The SMILES string of the molecule is O=Cc1c(-c2ccccc2)nn(-c2nccs2)c1Cl. The molecular formula is C13H8ClN3OS. The monoisotopic (exact) mass is 289 g/mol. The van der Waals surface area contributed by atoms with Gasteiger partial charge in [-0.25, -0.2) is 4.98 Å². The lowest BCUT2D eigenvalue weighted by Crippen LogP contribution is -1.95. The fourth-order valence-corrected chi connectivity index (χ4v) is 2.67. The average molecular weight is 290 g/mol. The maximum atomic E-state index is 11.2. The van der Waals surface area contributed by atoms with Crippen molar-refractivity contribution in [3.05, 3.63) is 52.6 Å². The standard InChI is InChI=1S/C13H8ClN3OS/c14-12-10(8-18)11(9-4-2-1-3-5-9)16-17(12)13-15-6-7-19-13/h1-8H. The van der Waals surface area contributed by atoms with Gasteiger partial charge >= 0.3 is 0 Å². The van der Waals surface area contributed by atoms with Gasteiger partial charge < -0.3 is 0 Å². The molecule has 0 aliphatic rings. The summed E-state index contributed by atoms with van der Waals surface area (Å²) in [6.07, 6.45) is 2.39. The van der Waals surface area contributed by atoms with E-state index in [4.69, 9.17) is 11.6 Å². The lowest BCUT2D eigenvalue weighted by atomic mass is 10.1. The molecule has 0 unspecified atom stereocenters. The molecule has 0 aliphatic heterocycles. The van der Waals surface area contributed by atoms with Crippen LogP contribution in [0.15, 0.2) is 41.9 Å². The van der Waals surface area contributed by atoms with Gasteiger partial charge in [0.25, 0.3) is 0 Å². The maximum Gasteiger partial charge on any atom is 0.211 e. The molecule has 0 saturated carbocycles. The van der Waals surface area contributed by atoms with Gasteiger partial charge in [-0.05, 0) is 0 Å². The van der Waals surface area contributed by atoms with Crippen LogP contribution in [-0.2, 0) is 0 Å². The van der Waals surface area contributed by atoms with Crippen LogP contribution < -0.4 is 0 Å². The summed E-state index contributed by atoms with van der Waals surface area (Å²) in [5.41, 5.74) is 1.79. The van der Waals surface area contributed by atoms with Gasteiger partial charge in [0.15, 0.2) is 6.29 Å². The first kappa shape index (κ1) is 12.1. The lowest BCUT2D eigenvalue weighted by molar-refractivity contribution is 0.112. The molecule has 6 heteroatoms. The highest BCUT2D eigenvalue weighted by Gasteiger charge is 2.19. The summed E-state index contributed by atoms with van der Waals surface area (Å²) in [5.74, 6) is 0. The molecule has 3 rings (SSSR count). The molecule has 1 aromatic carbocycles. The summed E-state index contributed by atoms with van der Waals surface area (Å²) >= 11 is 7.61. The van der Waals surface area contributed by atoms with Crippen molar-refractivity contribution in [1.82, 2.24) is 14.8 Å². The topological polar surface area (TPSA) is 47.8 Å². The molecule has 0 fully saturated rings. The molecule has 0 bridgehead atoms. The Hall–Kier alpha value is -1.98. The number of benzene rings is 1. The van der Waals surface area contributed by atoms with Crippen molar-refractivity contribution < 1.29 is 4.79 Å². The number of thiazole rings is 1. The second-order valence-electron chi connectivity index (χ2n) is 3.76. The highest BCUT2D eigenvalue weighted by Crippen LogP contribution is 2.29. The molecular weight excluding hydrogens is 282 g/mol. The normalized spacial score (nSPS) is 10.6. The van der Waals surface area contributed by atoms with Crippen molar-refractivity contribution in [1.29, 1.82) is 0 Å². The molecule has 3 aromatic rings. The first-order valence-corrected chi connectivity index (χ1v) is 6.76. The zero-order valence-corrected chi connectivity index (χ0v) is 11.2. The Morgan fingerprint density at radius 3 is 2.68 bits per heavy atom. The third kappa shape index (κ3) is 2.07. The highest BCUT2D eigenvalue weighted by molar-refractivity contribution is 7.12. The molecule has 0 saturated heterocycles. The summed E-state index contributed by atoms with van der Waals surface area (Å²) < 4.78 is 1.48. The molecule has 0 amide bonds. The number of hydrogen-bond donors (Lipinski definition) is 0. The van der Waals surface area contributed by atoms with E-state index in [2.05, 4.69) is 10.1 Å². The van der Waals surface area contributed by atoms with Crippen molar-refractivity contribution in [2.24, 2.45) is 0 Å². The van der Waals surface area contributed by atoms with Gasteiger partial charge in [-0.1, -0.05) is 41.9 Å². The Kier molecular flexibility index (Phi) is 3.15. The van der Waals surface area contributed by atoms with Gasteiger partial charge in [0.1, 0.15) is 10.8 Å². The quantitative estimate of drug-likeness (QED) is 0.694. The number of aromatic nitrogens is 3. The van der Waals surface area contributed by atoms with Gasteiger partial charge in [0, 0.05) is 17.1 Å². The minimum atomic E-state index is 0.281. The Morgan fingerprint density at radius 2 is 2.05 bits per heavy atom. The number of rotatable bonds is 3. The van der Waals surface area contributed by atoms with Crippen molar-refractivity contribution in [2.75, 3.05) is 0 Å². The zero-order valence-electron chi connectivity index (χ0n) is 9.65. The van der Waals surface area contributed by atoms with Crippen LogP contribution in [0.2, 0.25) is 5.15 Å². The van der Waals surface area contributed by atoms with E-state index in [0.29, 0.717) is 16.4 Å². The van der Waals surface area contributed by atoms with Crippen LogP contribution in [0.25, 0.3) is 16.4 Å². The Morgan fingerprint density at radius 1 is 1.26 bits per heavy atom. The second-order valence-corrected chi connectivity index (χ2v) is 4.99. The molecule has 0 N–H and O–H groups in total. The van der Waals surface area contributed by atoms with Crippen LogP contribution in [0, 0.1) is 0 Å². The Balaban J connectivity index is 2.21. The largest absolute Gasteiger partial charge is 0.298 e. The van der Waals surface area contributed by atoms with Crippen LogP contribution >= 0.6 is 22.9 Å².